The number of likely N-dealkylation sites (tertiary alicyclic amines) is 1. The molecule has 3 rings (SSSR count). The van der Waals surface area contributed by atoms with Crippen LogP contribution in [0.5, 0.6) is 0 Å². The van der Waals surface area contributed by atoms with Crippen LogP contribution in [0.15, 0.2) is 41.7 Å². The van der Waals surface area contributed by atoms with Crippen molar-refractivity contribution in [2.45, 2.75) is 19.4 Å². The van der Waals surface area contributed by atoms with Crippen molar-refractivity contribution in [3.63, 3.8) is 0 Å². The highest BCUT2D eigenvalue weighted by Crippen LogP contribution is 2.17. The zero-order valence-corrected chi connectivity index (χ0v) is 14.8. The summed E-state index contributed by atoms with van der Waals surface area (Å²) in [6.45, 7) is 4.70. The predicted molar refractivity (Wildman–Crippen MR) is 98.3 cm³/mol. The van der Waals surface area contributed by atoms with E-state index in [4.69, 9.17) is 0 Å². The number of hydrogen-bond acceptors (Lipinski definition) is 4. The minimum absolute atomic E-state index is 0.131. The number of nitrogens with one attached hydrogen (secondary N) is 1. The van der Waals surface area contributed by atoms with Crippen LogP contribution in [-0.4, -0.2) is 39.4 Å². The fraction of sp³-hybridized carbons (Fsp3) is 0.368. The molecule has 0 saturated carbocycles. The SMILES string of the molecule is C=CC(=O)N1CCCC(C(=O)NCc2nc3ccccc3c(=O)n2C)C1. The van der Waals surface area contributed by atoms with E-state index in [1.54, 1.807) is 30.1 Å². The number of nitrogens with zero attached hydrogens (tertiary/aromatic N) is 3. The topological polar surface area (TPSA) is 84.3 Å². The minimum Gasteiger partial charge on any atom is -0.349 e. The number of para-hydroxylation sites is 1. The van der Waals surface area contributed by atoms with E-state index in [1.807, 2.05) is 6.07 Å². The first-order valence-corrected chi connectivity index (χ1v) is 8.65. The van der Waals surface area contributed by atoms with Gasteiger partial charge in [-0.1, -0.05) is 18.7 Å². The van der Waals surface area contributed by atoms with Crippen molar-refractivity contribution in [1.82, 2.24) is 19.8 Å². The predicted octanol–water partition coefficient (Wildman–Crippen LogP) is 0.974. The van der Waals surface area contributed by atoms with E-state index >= 15 is 0 Å². The van der Waals surface area contributed by atoms with Crippen molar-refractivity contribution in [1.29, 1.82) is 0 Å². The van der Waals surface area contributed by atoms with Crippen LogP contribution < -0.4 is 10.9 Å². The Morgan fingerprint density at radius 3 is 2.92 bits per heavy atom. The Morgan fingerprint density at radius 2 is 2.15 bits per heavy atom. The summed E-state index contributed by atoms with van der Waals surface area (Å²) in [6, 6.07) is 7.14. The van der Waals surface area contributed by atoms with Crippen LogP contribution in [0.25, 0.3) is 10.9 Å². The monoisotopic (exact) mass is 354 g/mol. The van der Waals surface area contributed by atoms with Crippen LogP contribution >= 0.6 is 0 Å². The number of carbonyl (C=O) groups is 2. The van der Waals surface area contributed by atoms with Crippen molar-refractivity contribution >= 4 is 22.7 Å². The third-order valence-electron chi connectivity index (χ3n) is 4.77. The summed E-state index contributed by atoms with van der Waals surface area (Å²) in [4.78, 5) is 42.8. The number of rotatable bonds is 4. The van der Waals surface area contributed by atoms with E-state index in [0.717, 1.165) is 12.8 Å². The van der Waals surface area contributed by atoms with Crippen molar-refractivity contribution in [3.05, 3.63) is 53.1 Å². The fourth-order valence-electron chi connectivity index (χ4n) is 3.25. The summed E-state index contributed by atoms with van der Waals surface area (Å²) in [7, 11) is 1.65. The number of carbonyl (C=O) groups excluding carboxylic acids is 2. The molecule has 0 spiro atoms. The van der Waals surface area contributed by atoms with Crippen LogP contribution in [0.3, 0.4) is 0 Å². The second kappa shape index (κ2) is 7.51. The normalized spacial score (nSPS) is 17.1. The lowest BCUT2D eigenvalue weighted by Gasteiger charge is -2.31. The van der Waals surface area contributed by atoms with Gasteiger partial charge in [0.05, 0.1) is 23.4 Å². The largest absolute Gasteiger partial charge is 0.349 e. The molecule has 0 bridgehead atoms. The van der Waals surface area contributed by atoms with Gasteiger partial charge < -0.3 is 10.2 Å². The lowest BCUT2D eigenvalue weighted by molar-refractivity contribution is -0.132. The Hall–Kier alpha value is -2.96. The number of hydrogen-bond donors (Lipinski definition) is 1. The summed E-state index contributed by atoms with van der Waals surface area (Å²) in [5.41, 5.74) is 0.473. The molecule has 2 heterocycles. The molecule has 26 heavy (non-hydrogen) atoms. The van der Waals surface area contributed by atoms with Gasteiger partial charge in [0, 0.05) is 20.1 Å². The zero-order chi connectivity index (χ0) is 18.7. The van der Waals surface area contributed by atoms with Crippen molar-refractivity contribution in [2.75, 3.05) is 13.1 Å². The van der Waals surface area contributed by atoms with Gasteiger partial charge in [0.25, 0.3) is 5.56 Å². The molecule has 7 heteroatoms. The smallest absolute Gasteiger partial charge is 0.261 e. The lowest BCUT2D eigenvalue weighted by atomic mass is 9.97. The standard InChI is InChI=1S/C19H22N4O3/c1-3-17(24)23-10-6-7-13(12-23)18(25)20-11-16-21-15-9-5-4-8-14(15)19(26)22(16)2/h3-5,8-9,13H,1,6-7,10-12H2,2H3,(H,20,25). The molecular formula is C19H22N4O3. The van der Waals surface area contributed by atoms with Crippen LogP contribution in [0.1, 0.15) is 18.7 Å². The summed E-state index contributed by atoms with van der Waals surface area (Å²) < 4.78 is 1.46. The van der Waals surface area contributed by atoms with Crippen LogP contribution in [0, 0.1) is 5.92 Å². The summed E-state index contributed by atoms with van der Waals surface area (Å²) in [5.74, 6) is -0.0444. The van der Waals surface area contributed by atoms with Gasteiger partial charge in [0.2, 0.25) is 11.8 Å². The molecule has 1 aliphatic rings. The number of fused-ring (bicyclic) bond motifs is 1. The van der Waals surface area contributed by atoms with Gasteiger partial charge in [-0.3, -0.25) is 19.0 Å². The highest BCUT2D eigenvalue weighted by molar-refractivity contribution is 5.88. The van der Waals surface area contributed by atoms with Crippen LogP contribution in [-0.2, 0) is 23.2 Å². The lowest BCUT2D eigenvalue weighted by Crippen LogP contribution is -2.45. The second-order valence-electron chi connectivity index (χ2n) is 6.45. The molecule has 1 N–H and O–H groups in total. The number of aromatic nitrogens is 2. The van der Waals surface area contributed by atoms with Crippen molar-refractivity contribution in [2.24, 2.45) is 13.0 Å². The Labute approximate surface area is 151 Å². The Morgan fingerprint density at radius 1 is 1.38 bits per heavy atom. The molecule has 1 fully saturated rings. The van der Waals surface area contributed by atoms with Gasteiger partial charge in [0.15, 0.2) is 0 Å². The third kappa shape index (κ3) is 3.51. The van der Waals surface area contributed by atoms with Crippen molar-refractivity contribution in [3.8, 4) is 0 Å². The van der Waals surface area contributed by atoms with Crippen LogP contribution in [0.4, 0.5) is 0 Å². The first kappa shape index (κ1) is 17.8. The highest BCUT2D eigenvalue weighted by atomic mass is 16.2. The molecule has 1 aromatic carbocycles. The number of amides is 2. The molecule has 2 amide bonds. The Kier molecular flexibility index (Phi) is 5.16. The molecule has 1 atom stereocenters. The van der Waals surface area contributed by atoms with E-state index in [9.17, 15) is 14.4 Å². The first-order valence-electron chi connectivity index (χ1n) is 8.65. The number of piperidine rings is 1. The summed E-state index contributed by atoms with van der Waals surface area (Å²) >= 11 is 0. The summed E-state index contributed by atoms with van der Waals surface area (Å²) in [5, 5.41) is 3.41. The number of benzene rings is 1. The second-order valence-corrected chi connectivity index (χ2v) is 6.45. The quantitative estimate of drug-likeness (QED) is 0.830. The molecule has 0 aliphatic carbocycles. The maximum Gasteiger partial charge on any atom is 0.261 e. The average molecular weight is 354 g/mol. The Balaban J connectivity index is 1.71. The van der Waals surface area contributed by atoms with E-state index in [-0.39, 0.29) is 29.8 Å². The molecular weight excluding hydrogens is 332 g/mol. The third-order valence-corrected chi connectivity index (χ3v) is 4.77. The average Bonchev–Trinajstić information content (AvgIpc) is 2.68. The maximum atomic E-state index is 12.5. The maximum absolute atomic E-state index is 12.5. The molecule has 0 radical (unpaired) electrons. The molecule has 136 valence electrons. The molecule has 2 aromatic rings. The van der Waals surface area contributed by atoms with E-state index in [2.05, 4.69) is 16.9 Å². The molecule has 1 saturated heterocycles. The van der Waals surface area contributed by atoms with Gasteiger partial charge in [-0.2, -0.15) is 0 Å². The summed E-state index contributed by atoms with van der Waals surface area (Å²) in [6.07, 6.45) is 2.79. The Bertz CT molecular complexity index is 919. The van der Waals surface area contributed by atoms with E-state index < -0.39 is 0 Å². The molecule has 1 aliphatic heterocycles. The van der Waals surface area contributed by atoms with Gasteiger partial charge in [-0.15, -0.1) is 0 Å². The van der Waals surface area contributed by atoms with Crippen LogP contribution in [0.2, 0.25) is 0 Å². The molecule has 7 nitrogen and oxygen atoms in total. The van der Waals surface area contributed by atoms with E-state index in [1.165, 1.54) is 10.6 Å². The van der Waals surface area contributed by atoms with Gasteiger partial charge >= 0.3 is 0 Å². The zero-order valence-electron chi connectivity index (χ0n) is 14.8. The van der Waals surface area contributed by atoms with Gasteiger partial charge in [0.1, 0.15) is 5.82 Å². The van der Waals surface area contributed by atoms with Crippen molar-refractivity contribution < 1.29 is 9.59 Å². The highest BCUT2D eigenvalue weighted by Gasteiger charge is 2.27. The molecule has 1 aromatic heterocycles. The minimum atomic E-state index is -0.259. The first-order chi connectivity index (χ1) is 12.5. The van der Waals surface area contributed by atoms with Gasteiger partial charge in [-0.25, -0.2) is 4.98 Å². The molecule has 1 unspecified atom stereocenters. The van der Waals surface area contributed by atoms with E-state index in [0.29, 0.717) is 29.8 Å². The van der Waals surface area contributed by atoms with Gasteiger partial charge in [-0.05, 0) is 31.1 Å². The fourth-order valence-corrected chi connectivity index (χ4v) is 3.25.